The molecule has 18 heavy (non-hydrogen) atoms. The van der Waals surface area contributed by atoms with Crippen molar-refractivity contribution >= 4 is 0 Å². The molecular weight excluding hydrogens is 228 g/mol. The second-order valence-corrected chi connectivity index (χ2v) is 5.01. The summed E-state index contributed by atoms with van der Waals surface area (Å²) in [5.41, 5.74) is 2.84. The minimum Gasteiger partial charge on any atom is -0.508 e. The summed E-state index contributed by atoms with van der Waals surface area (Å²) in [6.07, 6.45) is 1.91. The Bertz CT molecular complexity index is 657. The molecule has 90 valence electrons. The van der Waals surface area contributed by atoms with E-state index in [1.807, 2.05) is 12.1 Å². The van der Waals surface area contributed by atoms with Crippen molar-refractivity contribution in [3.63, 3.8) is 0 Å². The lowest BCUT2D eigenvalue weighted by molar-refractivity contribution is 0.176. The molecule has 1 heterocycles. The van der Waals surface area contributed by atoms with Crippen molar-refractivity contribution in [1.82, 2.24) is 0 Å². The van der Waals surface area contributed by atoms with Crippen LogP contribution in [0.3, 0.4) is 0 Å². The third-order valence-electron chi connectivity index (χ3n) is 3.76. The summed E-state index contributed by atoms with van der Waals surface area (Å²) in [7, 11) is 0. The third-order valence-corrected chi connectivity index (χ3v) is 3.76. The van der Waals surface area contributed by atoms with Gasteiger partial charge >= 0.3 is 0 Å². The largest absolute Gasteiger partial charge is 0.508 e. The van der Waals surface area contributed by atoms with Crippen LogP contribution in [0.15, 0.2) is 36.4 Å². The molecule has 4 rings (SSSR count). The summed E-state index contributed by atoms with van der Waals surface area (Å²) >= 11 is 0. The Morgan fingerprint density at radius 3 is 2.28 bits per heavy atom. The molecule has 0 atom stereocenters. The number of hydrogen-bond donors (Lipinski definition) is 2. The highest BCUT2D eigenvalue weighted by Gasteiger charge is 2.51. The van der Waals surface area contributed by atoms with E-state index in [-0.39, 0.29) is 17.1 Å². The highest BCUT2D eigenvalue weighted by Crippen LogP contribution is 2.58. The van der Waals surface area contributed by atoms with E-state index < -0.39 is 0 Å². The van der Waals surface area contributed by atoms with Gasteiger partial charge < -0.3 is 14.9 Å². The predicted molar refractivity (Wildman–Crippen MR) is 66.7 cm³/mol. The summed E-state index contributed by atoms with van der Waals surface area (Å²) in [5, 5.41) is 19.2. The Morgan fingerprint density at radius 2 is 1.56 bits per heavy atom. The summed E-state index contributed by atoms with van der Waals surface area (Å²) < 4.78 is 6.02. The molecule has 1 saturated carbocycles. The van der Waals surface area contributed by atoms with Crippen molar-refractivity contribution < 1.29 is 14.9 Å². The van der Waals surface area contributed by atoms with Crippen molar-refractivity contribution in [2.75, 3.05) is 0 Å². The van der Waals surface area contributed by atoms with Crippen molar-refractivity contribution in [1.29, 1.82) is 0 Å². The Morgan fingerprint density at radius 1 is 0.889 bits per heavy atom. The molecule has 1 fully saturated rings. The van der Waals surface area contributed by atoms with Gasteiger partial charge in [0.1, 0.15) is 22.8 Å². The molecule has 1 spiro atoms. The number of ether oxygens (including phenoxy) is 1. The maximum Gasteiger partial charge on any atom is 0.135 e. The molecule has 2 N–H and O–H groups in total. The fourth-order valence-corrected chi connectivity index (χ4v) is 2.71. The van der Waals surface area contributed by atoms with E-state index in [0.29, 0.717) is 0 Å². The molecule has 0 saturated heterocycles. The van der Waals surface area contributed by atoms with Gasteiger partial charge in [-0.3, -0.25) is 0 Å². The number of fused-ring (bicyclic) bond motifs is 4. The number of phenolic OH excluding ortho intramolecular Hbond substituents is 2. The standard InChI is InChI=1S/C15H12O3/c16-9-1-3-11-12-4-2-10(17)8-14(12)18-15(5-6-15)13(11)7-9/h1-4,7-8,16-17H,5-6H2. The Hall–Kier alpha value is -2.16. The van der Waals surface area contributed by atoms with Crippen molar-refractivity contribution in [3.05, 3.63) is 42.0 Å². The highest BCUT2D eigenvalue weighted by molar-refractivity contribution is 5.78. The lowest BCUT2D eigenvalue weighted by Crippen LogP contribution is -2.20. The van der Waals surface area contributed by atoms with Crippen LogP contribution in [-0.2, 0) is 5.60 Å². The Balaban J connectivity index is 2.02. The van der Waals surface area contributed by atoms with Crippen LogP contribution in [0.1, 0.15) is 18.4 Å². The van der Waals surface area contributed by atoms with Crippen LogP contribution in [0.4, 0.5) is 0 Å². The van der Waals surface area contributed by atoms with E-state index >= 15 is 0 Å². The van der Waals surface area contributed by atoms with E-state index in [9.17, 15) is 10.2 Å². The quantitative estimate of drug-likeness (QED) is 0.743. The smallest absolute Gasteiger partial charge is 0.135 e. The van der Waals surface area contributed by atoms with Gasteiger partial charge in [-0.15, -0.1) is 0 Å². The molecule has 3 heteroatoms. The molecule has 2 aromatic carbocycles. The van der Waals surface area contributed by atoms with Crippen LogP contribution in [0, 0.1) is 0 Å². The average molecular weight is 240 g/mol. The third kappa shape index (κ3) is 1.19. The average Bonchev–Trinajstić information content (AvgIpc) is 3.10. The SMILES string of the molecule is Oc1ccc2c(c1)OC1(CC1)c1cc(O)ccc1-2. The Kier molecular flexibility index (Phi) is 1.63. The molecular formula is C15H12O3. The van der Waals surface area contributed by atoms with Crippen LogP contribution in [0.25, 0.3) is 11.1 Å². The molecule has 0 amide bonds. The van der Waals surface area contributed by atoms with E-state index in [1.54, 1.807) is 24.3 Å². The number of hydrogen-bond acceptors (Lipinski definition) is 3. The second kappa shape index (κ2) is 2.99. The first-order valence-corrected chi connectivity index (χ1v) is 6.04. The maximum atomic E-state index is 9.64. The molecule has 1 aliphatic heterocycles. The molecule has 2 aromatic rings. The predicted octanol–water partition coefficient (Wildman–Crippen LogP) is 3.15. The zero-order valence-corrected chi connectivity index (χ0v) is 9.68. The fraction of sp³-hybridized carbons (Fsp3) is 0.200. The van der Waals surface area contributed by atoms with E-state index in [0.717, 1.165) is 35.3 Å². The minimum atomic E-state index is -0.283. The summed E-state index contributed by atoms with van der Waals surface area (Å²) in [5.74, 6) is 1.21. The van der Waals surface area contributed by atoms with Gasteiger partial charge in [0.05, 0.1) is 0 Å². The van der Waals surface area contributed by atoms with Gasteiger partial charge in [0.2, 0.25) is 0 Å². The van der Waals surface area contributed by atoms with Gasteiger partial charge in [0.25, 0.3) is 0 Å². The number of aromatic hydroxyl groups is 2. The van der Waals surface area contributed by atoms with Crippen LogP contribution < -0.4 is 4.74 Å². The molecule has 2 aliphatic rings. The number of benzene rings is 2. The molecule has 0 aromatic heterocycles. The van der Waals surface area contributed by atoms with Gasteiger partial charge in [0, 0.05) is 17.2 Å². The topological polar surface area (TPSA) is 49.7 Å². The van der Waals surface area contributed by atoms with E-state index in [1.165, 1.54) is 0 Å². The molecule has 0 bridgehead atoms. The summed E-state index contributed by atoms with van der Waals surface area (Å²) in [6.45, 7) is 0. The summed E-state index contributed by atoms with van der Waals surface area (Å²) in [6, 6.07) is 10.6. The number of rotatable bonds is 0. The fourth-order valence-electron chi connectivity index (χ4n) is 2.71. The number of phenols is 2. The van der Waals surface area contributed by atoms with Crippen LogP contribution in [0.2, 0.25) is 0 Å². The second-order valence-electron chi connectivity index (χ2n) is 5.01. The first kappa shape index (κ1) is 9.83. The van der Waals surface area contributed by atoms with Crippen molar-refractivity contribution in [2.24, 2.45) is 0 Å². The first-order chi connectivity index (χ1) is 8.68. The zero-order valence-electron chi connectivity index (χ0n) is 9.68. The zero-order chi connectivity index (χ0) is 12.3. The van der Waals surface area contributed by atoms with Crippen LogP contribution >= 0.6 is 0 Å². The highest BCUT2D eigenvalue weighted by atomic mass is 16.5. The van der Waals surface area contributed by atoms with E-state index in [2.05, 4.69) is 0 Å². The Labute approximate surface area is 104 Å². The van der Waals surface area contributed by atoms with Crippen molar-refractivity contribution in [3.8, 4) is 28.4 Å². The minimum absolute atomic E-state index is 0.215. The van der Waals surface area contributed by atoms with Gasteiger partial charge in [-0.1, -0.05) is 6.07 Å². The molecule has 0 unspecified atom stereocenters. The summed E-state index contributed by atoms with van der Waals surface area (Å²) in [4.78, 5) is 0. The molecule has 0 radical (unpaired) electrons. The van der Waals surface area contributed by atoms with Gasteiger partial charge in [-0.2, -0.15) is 0 Å². The first-order valence-electron chi connectivity index (χ1n) is 6.04. The van der Waals surface area contributed by atoms with Crippen LogP contribution in [-0.4, -0.2) is 10.2 Å². The van der Waals surface area contributed by atoms with Gasteiger partial charge in [0.15, 0.2) is 0 Å². The van der Waals surface area contributed by atoms with E-state index in [4.69, 9.17) is 4.74 Å². The molecule has 3 nitrogen and oxygen atoms in total. The van der Waals surface area contributed by atoms with Gasteiger partial charge in [-0.25, -0.2) is 0 Å². The maximum absolute atomic E-state index is 9.64. The van der Waals surface area contributed by atoms with Crippen LogP contribution in [0.5, 0.6) is 17.2 Å². The molecule has 1 aliphatic carbocycles. The van der Waals surface area contributed by atoms with Crippen molar-refractivity contribution in [2.45, 2.75) is 18.4 Å². The lowest BCUT2D eigenvalue weighted by atomic mass is 9.91. The normalized spacial score (nSPS) is 17.8. The monoisotopic (exact) mass is 240 g/mol. The van der Waals surface area contributed by atoms with Gasteiger partial charge in [-0.05, 0) is 42.7 Å². The lowest BCUT2D eigenvalue weighted by Gasteiger charge is -2.29.